The summed E-state index contributed by atoms with van der Waals surface area (Å²) in [6.45, 7) is 0. The van der Waals surface area contributed by atoms with Gasteiger partial charge in [0.1, 0.15) is 23.0 Å². The molecule has 0 N–H and O–H groups in total. The Balaban J connectivity index is 1.60. The van der Waals surface area contributed by atoms with E-state index in [4.69, 9.17) is 28.4 Å². The average molecular weight is 487 g/mol. The van der Waals surface area contributed by atoms with E-state index in [1.165, 1.54) is 0 Å². The molecule has 6 heteroatoms. The fraction of sp³-hybridized carbons (Fsp3) is 0.267. The number of fused-ring (bicyclic) bond motifs is 2. The first-order valence-electron chi connectivity index (χ1n) is 11.7. The fourth-order valence-corrected chi connectivity index (χ4v) is 5.56. The summed E-state index contributed by atoms with van der Waals surface area (Å²) < 4.78 is 34.6. The number of hydrogen-bond donors (Lipinski definition) is 0. The number of methoxy groups -OCH3 is 6. The van der Waals surface area contributed by atoms with Crippen LogP contribution in [0.2, 0.25) is 0 Å². The number of hydrogen-bond acceptors (Lipinski definition) is 6. The molecular formula is C30H30O6. The topological polar surface area (TPSA) is 55.4 Å². The van der Waals surface area contributed by atoms with E-state index in [2.05, 4.69) is 36.4 Å². The van der Waals surface area contributed by atoms with Gasteiger partial charge in [-0.05, 0) is 34.4 Å². The molecule has 2 atom stereocenters. The van der Waals surface area contributed by atoms with Crippen molar-refractivity contribution in [3.63, 3.8) is 0 Å². The van der Waals surface area contributed by atoms with Crippen LogP contribution in [-0.4, -0.2) is 42.7 Å². The zero-order valence-corrected chi connectivity index (χ0v) is 21.4. The molecule has 0 aliphatic heterocycles. The summed E-state index contributed by atoms with van der Waals surface area (Å²) in [5.41, 5.74) is 6.22. The SMILES string of the molecule is COC1=C(OC)C(c2ccc(C3C(OC)=C(OC)c4c(OC)cccc43)cc2)c2cccc(OC)c21. The van der Waals surface area contributed by atoms with Crippen molar-refractivity contribution in [2.24, 2.45) is 0 Å². The summed E-state index contributed by atoms with van der Waals surface area (Å²) in [5, 5.41) is 0. The van der Waals surface area contributed by atoms with E-state index in [0.717, 1.165) is 56.4 Å². The number of rotatable bonds is 8. The predicted molar refractivity (Wildman–Crippen MR) is 138 cm³/mol. The van der Waals surface area contributed by atoms with E-state index in [1.54, 1.807) is 42.7 Å². The lowest BCUT2D eigenvalue weighted by molar-refractivity contribution is 0.255. The third-order valence-electron chi connectivity index (χ3n) is 7.06. The van der Waals surface area contributed by atoms with E-state index in [9.17, 15) is 0 Å². The molecule has 0 saturated heterocycles. The van der Waals surface area contributed by atoms with Crippen LogP contribution in [0.1, 0.15) is 45.2 Å². The lowest BCUT2D eigenvalue weighted by Crippen LogP contribution is -2.06. The molecule has 3 aromatic carbocycles. The molecule has 0 fully saturated rings. The Bertz CT molecular complexity index is 1250. The van der Waals surface area contributed by atoms with Crippen molar-refractivity contribution < 1.29 is 28.4 Å². The molecule has 0 amide bonds. The first-order chi connectivity index (χ1) is 17.6. The van der Waals surface area contributed by atoms with Gasteiger partial charge in [-0.25, -0.2) is 0 Å². The van der Waals surface area contributed by atoms with Crippen LogP contribution >= 0.6 is 0 Å². The van der Waals surface area contributed by atoms with Crippen molar-refractivity contribution in [3.8, 4) is 11.5 Å². The molecule has 6 nitrogen and oxygen atoms in total. The minimum Gasteiger partial charge on any atom is -0.496 e. The van der Waals surface area contributed by atoms with Crippen molar-refractivity contribution >= 4 is 11.5 Å². The van der Waals surface area contributed by atoms with Crippen molar-refractivity contribution in [1.82, 2.24) is 0 Å². The van der Waals surface area contributed by atoms with Crippen molar-refractivity contribution in [2.75, 3.05) is 42.7 Å². The molecule has 0 spiro atoms. The van der Waals surface area contributed by atoms with Gasteiger partial charge in [0.05, 0.1) is 65.6 Å². The van der Waals surface area contributed by atoms with Crippen LogP contribution in [0.15, 0.2) is 72.2 Å². The standard InChI is InChI=1S/C30H30O6/c1-31-21-11-7-9-19-23(27(33-3)29(35-5)25(19)21)17-13-15-18(16-14-17)24-20-10-8-12-22(32-2)26(20)30(36-6)28(24)34-4/h7-16,23-24H,1-6H3. The van der Waals surface area contributed by atoms with Gasteiger partial charge in [0.15, 0.2) is 11.5 Å². The molecule has 3 aromatic rings. The van der Waals surface area contributed by atoms with Crippen molar-refractivity contribution in [2.45, 2.75) is 11.8 Å². The first-order valence-corrected chi connectivity index (χ1v) is 11.7. The highest BCUT2D eigenvalue weighted by atomic mass is 16.5. The molecule has 186 valence electrons. The third kappa shape index (κ3) is 3.40. The van der Waals surface area contributed by atoms with Gasteiger partial charge in [0.25, 0.3) is 0 Å². The molecule has 36 heavy (non-hydrogen) atoms. The minimum absolute atomic E-state index is 0.105. The summed E-state index contributed by atoms with van der Waals surface area (Å²) in [5.74, 6) is 4.24. The highest BCUT2D eigenvalue weighted by molar-refractivity contribution is 5.80. The summed E-state index contributed by atoms with van der Waals surface area (Å²) in [7, 11) is 10.0. The molecule has 0 saturated carbocycles. The fourth-order valence-electron chi connectivity index (χ4n) is 5.56. The van der Waals surface area contributed by atoms with Crippen molar-refractivity contribution in [1.29, 1.82) is 0 Å². The molecular weight excluding hydrogens is 456 g/mol. The monoisotopic (exact) mass is 486 g/mol. The van der Waals surface area contributed by atoms with Gasteiger partial charge < -0.3 is 28.4 Å². The van der Waals surface area contributed by atoms with Crippen LogP contribution in [0.25, 0.3) is 11.5 Å². The van der Waals surface area contributed by atoms with Gasteiger partial charge >= 0.3 is 0 Å². The highest BCUT2D eigenvalue weighted by Crippen LogP contribution is 2.51. The van der Waals surface area contributed by atoms with Gasteiger partial charge in [-0.2, -0.15) is 0 Å². The maximum absolute atomic E-state index is 5.87. The van der Waals surface area contributed by atoms with Gasteiger partial charge in [0.2, 0.25) is 0 Å². The number of allylic oxidation sites excluding steroid dienone is 2. The quantitative estimate of drug-likeness (QED) is 0.394. The van der Waals surface area contributed by atoms with Crippen LogP contribution in [0.3, 0.4) is 0 Å². The van der Waals surface area contributed by atoms with Crippen LogP contribution in [0, 0.1) is 0 Å². The second kappa shape index (κ2) is 9.53. The summed E-state index contributed by atoms with van der Waals surface area (Å²) >= 11 is 0. The second-order valence-electron chi connectivity index (χ2n) is 8.58. The number of benzene rings is 3. The number of ether oxygens (including phenoxy) is 6. The Morgan fingerprint density at radius 2 is 0.833 bits per heavy atom. The summed E-state index contributed by atoms with van der Waals surface area (Å²) in [6.07, 6.45) is 0. The Hall–Kier alpha value is -4.06. The zero-order valence-electron chi connectivity index (χ0n) is 21.4. The molecule has 0 bridgehead atoms. The van der Waals surface area contributed by atoms with Crippen LogP contribution in [0.4, 0.5) is 0 Å². The van der Waals surface area contributed by atoms with E-state index >= 15 is 0 Å². The van der Waals surface area contributed by atoms with Crippen molar-refractivity contribution in [3.05, 3.63) is 106 Å². The van der Waals surface area contributed by atoms with E-state index in [0.29, 0.717) is 11.5 Å². The molecule has 0 radical (unpaired) electrons. The lowest BCUT2D eigenvalue weighted by Gasteiger charge is -2.19. The van der Waals surface area contributed by atoms with Crippen LogP contribution in [0.5, 0.6) is 11.5 Å². The minimum atomic E-state index is -0.105. The molecule has 0 heterocycles. The van der Waals surface area contributed by atoms with Gasteiger partial charge in [-0.15, -0.1) is 0 Å². The summed E-state index contributed by atoms with van der Waals surface area (Å²) in [6, 6.07) is 20.6. The van der Waals surface area contributed by atoms with Crippen LogP contribution < -0.4 is 9.47 Å². The summed E-state index contributed by atoms with van der Waals surface area (Å²) in [4.78, 5) is 0. The molecule has 0 aromatic heterocycles. The van der Waals surface area contributed by atoms with Gasteiger partial charge in [0, 0.05) is 0 Å². The zero-order chi connectivity index (χ0) is 25.4. The van der Waals surface area contributed by atoms with E-state index < -0.39 is 0 Å². The Labute approximate surface area is 211 Å². The maximum atomic E-state index is 5.87. The van der Waals surface area contributed by atoms with Crippen LogP contribution in [-0.2, 0) is 18.9 Å². The van der Waals surface area contributed by atoms with E-state index in [-0.39, 0.29) is 11.8 Å². The largest absolute Gasteiger partial charge is 0.496 e. The Kier molecular flexibility index (Phi) is 6.27. The smallest absolute Gasteiger partial charge is 0.168 e. The molecule has 2 aliphatic rings. The normalized spacial score (nSPS) is 18.1. The van der Waals surface area contributed by atoms with E-state index in [1.807, 2.05) is 24.3 Å². The maximum Gasteiger partial charge on any atom is 0.168 e. The first kappa shape index (κ1) is 23.7. The second-order valence-corrected chi connectivity index (χ2v) is 8.58. The molecule has 2 unspecified atom stereocenters. The Morgan fingerprint density at radius 1 is 0.444 bits per heavy atom. The molecule has 5 rings (SSSR count). The highest BCUT2D eigenvalue weighted by Gasteiger charge is 2.39. The lowest BCUT2D eigenvalue weighted by atomic mass is 9.87. The third-order valence-corrected chi connectivity index (χ3v) is 7.06. The molecule has 2 aliphatic carbocycles. The van der Waals surface area contributed by atoms with Gasteiger partial charge in [-0.1, -0.05) is 48.5 Å². The average Bonchev–Trinajstić information content (AvgIpc) is 3.44. The Morgan fingerprint density at radius 3 is 1.14 bits per heavy atom. The van der Waals surface area contributed by atoms with Gasteiger partial charge in [-0.3, -0.25) is 0 Å². The predicted octanol–water partition coefficient (Wildman–Crippen LogP) is 5.92.